The zero-order chi connectivity index (χ0) is 12.4. The lowest BCUT2D eigenvalue weighted by atomic mass is 10.0. The Hall–Kier alpha value is -0.640. The molecule has 1 N–H and O–H groups in total. The third-order valence-electron chi connectivity index (χ3n) is 2.80. The van der Waals surface area contributed by atoms with Gasteiger partial charge in [-0.15, -0.1) is 11.3 Å². The maximum atomic E-state index is 10.2. The Labute approximate surface area is 114 Å². The van der Waals surface area contributed by atoms with Gasteiger partial charge in [0.25, 0.3) is 0 Å². The zero-order valence-electron chi connectivity index (χ0n) is 9.90. The average molecular weight is 311 g/mol. The molecule has 0 saturated heterocycles. The molecule has 2 rings (SSSR count). The maximum absolute atomic E-state index is 10.2. The van der Waals surface area contributed by atoms with E-state index in [1.807, 2.05) is 19.1 Å². The predicted octanol–water partition coefficient (Wildman–Crippen LogP) is 4.40. The van der Waals surface area contributed by atoms with Crippen LogP contribution in [-0.4, -0.2) is 5.11 Å². The second-order valence-corrected chi connectivity index (χ2v) is 6.91. The summed E-state index contributed by atoms with van der Waals surface area (Å²) in [5, 5.41) is 10.2. The van der Waals surface area contributed by atoms with E-state index < -0.39 is 6.10 Å². The highest BCUT2D eigenvalue weighted by molar-refractivity contribution is 9.11. The van der Waals surface area contributed by atoms with Crippen molar-refractivity contribution in [2.75, 3.05) is 0 Å². The highest BCUT2D eigenvalue weighted by atomic mass is 79.9. The molecule has 0 amide bonds. The Bertz CT molecular complexity index is 519. The summed E-state index contributed by atoms with van der Waals surface area (Å²) in [6.45, 7) is 4.12. The molecule has 0 spiro atoms. The van der Waals surface area contributed by atoms with Crippen LogP contribution in [0.5, 0.6) is 0 Å². The van der Waals surface area contributed by atoms with Crippen molar-refractivity contribution in [1.29, 1.82) is 0 Å². The van der Waals surface area contributed by atoms with E-state index >= 15 is 0 Å². The molecule has 0 bridgehead atoms. The molecule has 0 aliphatic carbocycles. The first-order chi connectivity index (χ1) is 8.06. The minimum atomic E-state index is -0.417. The van der Waals surface area contributed by atoms with Gasteiger partial charge in [-0.25, -0.2) is 0 Å². The monoisotopic (exact) mass is 310 g/mol. The summed E-state index contributed by atoms with van der Waals surface area (Å²) in [5.41, 5.74) is 3.44. The van der Waals surface area contributed by atoms with E-state index in [9.17, 15) is 5.11 Å². The van der Waals surface area contributed by atoms with Crippen molar-refractivity contribution in [3.05, 3.63) is 55.7 Å². The molecule has 0 aliphatic heterocycles. The number of thiophene rings is 1. The van der Waals surface area contributed by atoms with Crippen LogP contribution in [0.25, 0.3) is 0 Å². The van der Waals surface area contributed by atoms with E-state index in [0.717, 1.165) is 9.35 Å². The van der Waals surface area contributed by atoms with Gasteiger partial charge >= 0.3 is 0 Å². The van der Waals surface area contributed by atoms with Crippen LogP contribution in [0, 0.1) is 13.8 Å². The quantitative estimate of drug-likeness (QED) is 0.890. The minimum absolute atomic E-state index is 0.417. The summed E-state index contributed by atoms with van der Waals surface area (Å²) < 4.78 is 1.08. The van der Waals surface area contributed by atoms with Crippen LogP contribution in [-0.2, 0) is 6.42 Å². The van der Waals surface area contributed by atoms with Crippen molar-refractivity contribution >= 4 is 27.3 Å². The van der Waals surface area contributed by atoms with Gasteiger partial charge in [0.05, 0.1) is 9.89 Å². The third kappa shape index (κ3) is 3.18. The molecule has 0 radical (unpaired) electrons. The first kappa shape index (κ1) is 12.8. The topological polar surface area (TPSA) is 20.2 Å². The number of benzene rings is 1. The average Bonchev–Trinajstić information content (AvgIpc) is 2.58. The first-order valence-corrected chi connectivity index (χ1v) is 7.16. The van der Waals surface area contributed by atoms with Gasteiger partial charge in [0.15, 0.2) is 0 Å². The lowest BCUT2D eigenvalue weighted by molar-refractivity contribution is 0.178. The molecule has 0 aliphatic rings. The molecule has 1 nitrogen and oxygen atoms in total. The van der Waals surface area contributed by atoms with Crippen molar-refractivity contribution in [2.24, 2.45) is 0 Å². The highest BCUT2D eigenvalue weighted by Crippen LogP contribution is 2.32. The Kier molecular flexibility index (Phi) is 4.02. The molecule has 1 unspecified atom stereocenters. The van der Waals surface area contributed by atoms with Crippen LogP contribution in [0.3, 0.4) is 0 Å². The van der Waals surface area contributed by atoms with E-state index in [-0.39, 0.29) is 0 Å². The first-order valence-electron chi connectivity index (χ1n) is 5.55. The second kappa shape index (κ2) is 5.34. The van der Waals surface area contributed by atoms with Gasteiger partial charge in [-0.05, 0) is 47.0 Å². The normalized spacial score (nSPS) is 12.7. The fraction of sp³-hybridized carbons (Fsp3) is 0.286. The van der Waals surface area contributed by atoms with E-state index in [0.29, 0.717) is 6.42 Å². The molecular formula is C14H15BrOS. The standard InChI is InChI=1S/C14H15BrOS/c1-9-4-3-5-11(6-9)7-13(16)12-8-14(15)17-10(12)2/h3-6,8,13,16H,7H2,1-2H3. The summed E-state index contributed by atoms with van der Waals surface area (Å²) in [6, 6.07) is 10.3. The van der Waals surface area contributed by atoms with Crippen LogP contribution in [0.2, 0.25) is 0 Å². The van der Waals surface area contributed by atoms with Crippen LogP contribution in [0.1, 0.15) is 27.7 Å². The van der Waals surface area contributed by atoms with Crippen molar-refractivity contribution < 1.29 is 5.11 Å². The molecule has 0 saturated carbocycles. The van der Waals surface area contributed by atoms with Gasteiger partial charge in [-0.3, -0.25) is 0 Å². The number of hydrogen-bond acceptors (Lipinski definition) is 2. The summed E-state index contributed by atoms with van der Waals surface area (Å²) in [7, 11) is 0. The molecule has 2 aromatic rings. The largest absolute Gasteiger partial charge is 0.388 e. The minimum Gasteiger partial charge on any atom is -0.388 e. The Balaban J connectivity index is 2.16. The number of hydrogen-bond donors (Lipinski definition) is 1. The van der Waals surface area contributed by atoms with Crippen molar-refractivity contribution in [3.8, 4) is 0 Å². The van der Waals surface area contributed by atoms with E-state index in [2.05, 4.69) is 41.1 Å². The predicted molar refractivity (Wildman–Crippen MR) is 76.6 cm³/mol. The van der Waals surface area contributed by atoms with Crippen molar-refractivity contribution in [2.45, 2.75) is 26.4 Å². The lowest BCUT2D eigenvalue weighted by Crippen LogP contribution is -2.01. The summed E-state index contributed by atoms with van der Waals surface area (Å²) in [4.78, 5) is 1.18. The number of halogens is 1. The number of aryl methyl sites for hydroxylation is 2. The van der Waals surface area contributed by atoms with E-state index in [1.165, 1.54) is 16.0 Å². The Morgan fingerprint density at radius 2 is 2.06 bits per heavy atom. The fourth-order valence-electron chi connectivity index (χ4n) is 1.96. The maximum Gasteiger partial charge on any atom is 0.0841 e. The number of aliphatic hydroxyl groups is 1. The molecule has 1 aromatic carbocycles. The van der Waals surface area contributed by atoms with E-state index in [1.54, 1.807) is 11.3 Å². The smallest absolute Gasteiger partial charge is 0.0841 e. The van der Waals surface area contributed by atoms with Gasteiger partial charge in [-0.1, -0.05) is 29.8 Å². The van der Waals surface area contributed by atoms with Gasteiger partial charge < -0.3 is 5.11 Å². The molecule has 90 valence electrons. The number of aliphatic hydroxyl groups excluding tert-OH is 1. The lowest BCUT2D eigenvalue weighted by Gasteiger charge is -2.10. The van der Waals surface area contributed by atoms with Crippen LogP contribution >= 0.6 is 27.3 Å². The van der Waals surface area contributed by atoms with Crippen LogP contribution in [0.4, 0.5) is 0 Å². The molecular weight excluding hydrogens is 296 g/mol. The van der Waals surface area contributed by atoms with E-state index in [4.69, 9.17) is 0 Å². The third-order valence-corrected chi connectivity index (χ3v) is 4.37. The van der Waals surface area contributed by atoms with Crippen LogP contribution < -0.4 is 0 Å². The fourth-order valence-corrected chi connectivity index (χ4v) is 3.73. The highest BCUT2D eigenvalue weighted by Gasteiger charge is 2.14. The molecule has 1 heterocycles. The number of rotatable bonds is 3. The van der Waals surface area contributed by atoms with Crippen molar-refractivity contribution in [1.82, 2.24) is 0 Å². The Morgan fingerprint density at radius 3 is 2.65 bits per heavy atom. The van der Waals surface area contributed by atoms with Gasteiger partial charge in [0.1, 0.15) is 0 Å². The SMILES string of the molecule is Cc1cccc(CC(O)c2cc(Br)sc2C)c1. The van der Waals surface area contributed by atoms with Gasteiger partial charge in [0, 0.05) is 11.3 Å². The molecule has 0 fully saturated rings. The van der Waals surface area contributed by atoms with Crippen molar-refractivity contribution in [3.63, 3.8) is 0 Å². The second-order valence-electron chi connectivity index (χ2n) is 4.27. The molecule has 17 heavy (non-hydrogen) atoms. The van der Waals surface area contributed by atoms with Crippen LogP contribution in [0.15, 0.2) is 34.1 Å². The Morgan fingerprint density at radius 1 is 1.29 bits per heavy atom. The van der Waals surface area contributed by atoms with Gasteiger partial charge in [0.2, 0.25) is 0 Å². The summed E-state index contributed by atoms with van der Waals surface area (Å²) >= 11 is 5.12. The van der Waals surface area contributed by atoms with Gasteiger partial charge in [-0.2, -0.15) is 0 Å². The molecule has 1 atom stereocenters. The summed E-state index contributed by atoms with van der Waals surface area (Å²) in [6.07, 6.45) is 0.255. The summed E-state index contributed by atoms with van der Waals surface area (Å²) in [5.74, 6) is 0. The molecule has 3 heteroatoms. The molecule has 1 aromatic heterocycles. The zero-order valence-corrected chi connectivity index (χ0v) is 12.3.